The molecule has 0 spiro atoms. The van der Waals surface area contributed by atoms with Gasteiger partial charge in [-0.25, -0.2) is 9.97 Å². The van der Waals surface area contributed by atoms with Gasteiger partial charge in [0.15, 0.2) is 16.6 Å². The molecule has 0 bridgehead atoms. The van der Waals surface area contributed by atoms with Crippen LogP contribution in [0.4, 0.5) is 0 Å². The summed E-state index contributed by atoms with van der Waals surface area (Å²) in [5.41, 5.74) is 1.16. The van der Waals surface area contributed by atoms with E-state index >= 15 is 0 Å². The molecule has 4 rings (SSSR count). The van der Waals surface area contributed by atoms with Crippen LogP contribution >= 0.6 is 23.2 Å². The number of rotatable bonds is 3. The summed E-state index contributed by atoms with van der Waals surface area (Å²) in [6, 6.07) is 0.126. The molecule has 0 N–H and O–H groups in total. The van der Waals surface area contributed by atoms with Gasteiger partial charge in [0.25, 0.3) is 0 Å². The number of allylic oxidation sites excluding steroid dienone is 2. The Balaban J connectivity index is 1.64. The molecule has 3 aromatic rings. The van der Waals surface area contributed by atoms with Crippen molar-refractivity contribution in [3.63, 3.8) is 0 Å². The smallest absolute Gasteiger partial charge is 0.225 e. The highest BCUT2D eigenvalue weighted by molar-refractivity contribution is 6.35. The molecule has 0 aliphatic heterocycles. The van der Waals surface area contributed by atoms with Crippen LogP contribution in [0.5, 0.6) is 0 Å². The standard InChI is InChI=1S/C13H12Cl2N8/c1-2-9-19-21-23(20-9)8-4-3-7(5-8)22-6-16-10-11(14)17-13(15)18-12(10)22/h3-4,6-8H,2,5H2,1H3. The molecule has 0 saturated heterocycles. The quantitative estimate of drug-likeness (QED) is 0.409. The highest BCUT2D eigenvalue weighted by Gasteiger charge is 2.25. The number of halogens is 2. The van der Waals surface area contributed by atoms with Gasteiger partial charge in [-0.15, -0.1) is 10.2 Å². The number of hydrogen-bond acceptors (Lipinski definition) is 6. The first kappa shape index (κ1) is 14.5. The Morgan fingerprint density at radius 2 is 2.04 bits per heavy atom. The molecule has 0 amide bonds. The number of imidazole rings is 1. The SMILES string of the molecule is CCc1nnn(C2C=CC(n3cnc4c(Cl)nc(Cl)nc43)C2)n1. The molecule has 3 aromatic heterocycles. The van der Waals surface area contributed by atoms with Gasteiger partial charge in [-0.3, -0.25) is 0 Å². The van der Waals surface area contributed by atoms with E-state index in [0.717, 1.165) is 18.7 Å². The van der Waals surface area contributed by atoms with Crippen LogP contribution < -0.4 is 0 Å². The fourth-order valence-electron chi connectivity index (χ4n) is 2.68. The fraction of sp³-hybridized carbons (Fsp3) is 0.385. The lowest BCUT2D eigenvalue weighted by Gasteiger charge is -2.13. The van der Waals surface area contributed by atoms with Crippen molar-refractivity contribution in [2.75, 3.05) is 0 Å². The van der Waals surface area contributed by atoms with Gasteiger partial charge in [0.1, 0.15) is 5.52 Å². The topological polar surface area (TPSA) is 87.2 Å². The van der Waals surface area contributed by atoms with Crippen molar-refractivity contribution in [1.29, 1.82) is 0 Å². The maximum atomic E-state index is 6.06. The van der Waals surface area contributed by atoms with Crippen molar-refractivity contribution in [2.45, 2.75) is 31.8 Å². The van der Waals surface area contributed by atoms with Crippen molar-refractivity contribution in [2.24, 2.45) is 0 Å². The second-order valence-corrected chi connectivity index (χ2v) is 5.94. The van der Waals surface area contributed by atoms with Gasteiger partial charge in [-0.05, 0) is 23.2 Å². The van der Waals surface area contributed by atoms with Gasteiger partial charge in [-0.1, -0.05) is 30.7 Å². The van der Waals surface area contributed by atoms with Crippen molar-refractivity contribution in [3.8, 4) is 0 Å². The van der Waals surface area contributed by atoms with Crippen LogP contribution in [0.3, 0.4) is 0 Å². The molecule has 2 atom stereocenters. The molecule has 0 saturated carbocycles. The highest BCUT2D eigenvalue weighted by Crippen LogP contribution is 2.33. The minimum atomic E-state index is 0.0537. The third kappa shape index (κ3) is 2.47. The molecular formula is C13H12Cl2N8. The number of aromatic nitrogens is 8. The van der Waals surface area contributed by atoms with Crippen molar-refractivity contribution >= 4 is 34.4 Å². The van der Waals surface area contributed by atoms with Crippen LogP contribution in [0.1, 0.15) is 31.3 Å². The van der Waals surface area contributed by atoms with Crippen LogP contribution in [0, 0.1) is 0 Å². The maximum Gasteiger partial charge on any atom is 0.225 e. The predicted molar refractivity (Wildman–Crippen MR) is 84.4 cm³/mol. The molecule has 23 heavy (non-hydrogen) atoms. The summed E-state index contributed by atoms with van der Waals surface area (Å²) < 4.78 is 1.93. The third-order valence-electron chi connectivity index (χ3n) is 3.83. The predicted octanol–water partition coefficient (Wildman–Crippen LogP) is 2.42. The maximum absolute atomic E-state index is 6.06. The molecule has 0 aromatic carbocycles. The fourth-order valence-corrected chi connectivity index (χ4v) is 3.10. The Morgan fingerprint density at radius 3 is 2.83 bits per heavy atom. The normalized spacial score (nSPS) is 20.7. The highest BCUT2D eigenvalue weighted by atomic mass is 35.5. The van der Waals surface area contributed by atoms with E-state index in [0.29, 0.717) is 11.2 Å². The van der Waals surface area contributed by atoms with Crippen LogP contribution in [0.25, 0.3) is 11.2 Å². The molecule has 1 aliphatic rings. The number of aryl methyl sites for hydroxylation is 1. The summed E-state index contributed by atoms with van der Waals surface area (Å²) in [6.07, 6.45) is 7.38. The number of nitrogens with zero attached hydrogens (tertiary/aromatic N) is 8. The van der Waals surface area contributed by atoms with Gasteiger partial charge in [0, 0.05) is 6.42 Å². The number of hydrogen-bond donors (Lipinski definition) is 0. The van der Waals surface area contributed by atoms with Gasteiger partial charge in [0.2, 0.25) is 5.28 Å². The Morgan fingerprint density at radius 1 is 1.22 bits per heavy atom. The lowest BCUT2D eigenvalue weighted by molar-refractivity contribution is 0.416. The van der Waals surface area contributed by atoms with Gasteiger partial charge >= 0.3 is 0 Å². The zero-order chi connectivity index (χ0) is 16.0. The van der Waals surface area contributed by atoms with Gasteiger partial charge in [-0.2, -0.15) is 9.78 Å². The summed E-state index contributed by atoms with van der Waals surface area (Å²) in [6.45, 7) is 2.00. The minimum Gasteiger partial charge on any atom is -0.308 e. The Labute approximate surface area is 141 Å². The molecule has 10 heteroatoms. The average Bonchev–Trinajstić information content (AvgIpc) is 3.25. The van der Waals surface area contributed by atoms with E-state index in [4.69, 9.17) is 23.2 Å². The van der Waals surface area contributed by atoms with Crippen LogP contribution in [-0.2, 0) is 6.42 Å². The molecule has 1 aliphatic carbocycles. The molecule has 0 fully saturated rings. The largest absolute Gasteiger partial charge is 0.308 e. The molecule has 3 heterocycles. The Kier molecular flexibility index (Phi) is 3.50. The van der Waals surface area contributed by atoms with Gasteiger partial charge in [0.05, 0.1) is 18.4 Å². The van der Waals surface area contributed by atoms with Crippen molar-refractivity contribution in [1.82, 2.24) is 39.7 Å². The molecule has 0 radical (unpaired) electrons. The van der Waals surface area contributed by atoms with E-state index in [9.17, 15) is 0 Å². The first-order valence-corrected chi connectivity index (χ1v) is 7.93. The van der Waals surface area contributed by atoms with E-state index < -0.39 is 0 Å². The number of tetrazole rings is 1. The van der Waals surface area contributed by atoms with Crippen molar-refractivity contribution in [3.05, 3.63) is 34.7 Å². The summed E-state index contributed by atoms with van der Waals surface area (Å²) in [5, 5.41) is 12.8. The van der Waals surface area contributed by atoms with Crippen molar-refractivity contribution < 1.29 is 0 Å². The van der Waals surface area contributed by atoms with Gasteiger partial charge < -0.3 is 4.57 Å². The molecule has 2 unspecified atom stereocenters. The summed E-state index contributed by atoms with van der Waals surface area (Å²) in [4.78, 5) is 14.1. The summed E-state index contributed by atoms with van der Waals surface area (Å²) in [7, 11) is 0. The Bertz CT molecular complexity index is 899. The lowest BCUT2D eigenvalue weighted by Crippen LogP contribution is -2.12. The molecule has 118 valence electrons. The van der Waals surface area contributed by atoms with Crippen LogP contribution in [0.2, 0.25) is 10.4 Å². The molecule has 8 nitrogen and oxygen atoms in total. The summed E-state index contributed by atoms with van der Waals surface area (Å²) in [5.74, 6) is 0.737. The average molecular weight is 351 g/mol. The van der Waals surface area contributed by atoms with E-state index in [1.165, 1.54) is 0 Å². The third-order valence-corrected chi connectivity index (χ3v) is 4.26. The summed E-state index contributed by atoms with van der Waals surface area (Å²) >= 11 is 12.0. The zero-order valence-corrected chi connectivity index (χ0v) is 13.6. The monoisotopic (exact) mass is 350 g/mol. The van der Waals surface area contributed by atoms with E-state index in [1.807, 2.05) is 11.5 Å². The van der Waals surface area contributed by atoms with E-state index in [1.54, 1.807) is 11.1 Å². The van der Waals surface area contributed by atoms with E-state index in [2.05, 4.69) is 42.5 Å². The Hall–Kier alpha value is -2.06. The van der Waals surface area contributed by atoms with E-state index in [-0.39, 0.29) is 22.5 Å². The second-order valence-electron chi connectivity index (χ2n) is 5.24. The lowest BCUT2D eigenvalue weighted by atomic mass is 10.2. The first-order valence-electron chi connectivity index (χ1n) is 7.18. The van der Waals surface area contributed by atoms with Crippen LogP contribution in [0.15, 0.2) is 18.5 Å². The minimum absolute atomic E-state index is 0.0537. The van der Waals surface area contributed by atoms with Crippen LogP contribution in [-0.4, -0.2) is 39.7 Å². The zero-order valence-electron chi connectivity index (χ0n) is 12.1. The number of fused-ring (bicyclic) bond motifs is 1. The first-order chi connectivity index (χ1) is 11.2. The second kappa shape index (κ2) is 5.54. The molecular weight excluding hydrogens is 339 g/mol.